The summed E-state index contributed by atoms with van der Waals surface area (Å²) in [6, 6.07) is 10.1. The number of esters is 1. The van der Waals surface area contributed by atoms with E-state index in [2.05, 4.69) is 17.0 Å². The third-order valence-electron chi connectivity index (χ3n) is 3.37. The second-order valence-corrected chi connectivity index (χ2v) is 5.25. The van der Waals surface area contributed by atoms with Crippen molar-refractivity contribution in [3.63, 3.8) is 0 Å². The molecule has 0 saturated carbocycles. The number of ether oxygens (including phenoxy) is 2. The van der Waals surface area contributed by atoms with Crippen molar-refractivity contribution < 1.29 is 23.5 Å². The lowest BCUT2D eigenvalue weighted by molar-refractivity contribution is -0.136. The van der Waals surface area contributed by atoms with Crippen LogP contribution in [-0.4, -0.2) is 25.6 Å². The van der Waals surface area contributed by atoms with Crippen LogP contribution >= 0.6 is 0 Å². The van der Waals surface area contributed by atoms with Gasteiger partial charge >= 0.3 is 5.97 Å². The Morgan fingerprint density at radius 3 is 2.56 bits per heavy atom. The molecule has 0 spiro atoms. The fraction of sp³-hybridized carbons (Fsp3) is 0.263. The summed E-state index contributed by atoms with van der Waals surface area (Å²) < 4.78 is 15.4. The van der Waals surface area contributed by atoms with Crippen molar-refractivity contribution in [3.05, 3.63) is 59.7 Å². The molecule has 132 valence electrons. The molecule has 6 heteroatoms. The molecule has 1 N–H and O–H groups in total. The van der Waals surface area contributed by atoms with Crippen LogP contribution < -0.4 is 10.1 Å². The number of unbranched alkanes of at least 4 members (excludes halogenated alkanes) is 1. The second kappa shape index (κ2) is 9.32. The molecule has 0 aliphatic heterocycles. The third kappa shape index (κ3) is 5.53. The molecule has 0 fully saturated rings. The van der Waals surface area contributed by atoms with E-state index in [1.807, 2.05) is 0 Å². The van der Waals surface area contributed by atoms with Crippen molar-refractivity contribution in [1.29, 1.82) is 0 Å². The van der Waals surface area contributed by atoms with Gasteiger partial charge in [0.05, 0.1) is 20.0 Å². The maximum Gasteiger partial charge on any atom is 0.354 e. The molecule has 1 aromatic heterocycles. The Hall–Kier alpha value is -3.02. The predicted molar refractivity (Wildman–Crippen MR) is 93.0 cm³/mol. The monoisotopic (exact) mass is 343 g/mol. The lowest BCUT2D eigenvalue weighted by Gasteiger charge is -2.09. The number of amides is 1. The molecule has 0 saturated heterocycles. The van der Waals surface area contributed by atoms with Gasteiger partial charge in [0.15, 0.2) is 0 Å². The first-order valence-electron chi connectivity index (χ1n) is 8.01. The van der Waals surface area contributed by atoms with Crippen LogP contribution in [0.5, 0.6) is 5.75 Å². The van der Waals surface area contributed by atoms with Crippen molar-refractivity contribution in [2.24, 2.45) is 0 Å². The second-order valence-electron chi connectivity index (χ2n) is 5.25. The quantitative estimate of drug-likeness (QED) is 0.451. The van der Waals surface area contributed by atoms with Crippen molar-refractivity contribution >= 4 is 18.0 Å². The van der Waals surface area contributed by atoms with Gasteiger partial charge in [0, 0.05) is 11.6 Å². The molecule has 6 nitrogen and oxygen atoms in total. The molecular formula is C19H21NO5. The maximum atomic E-state index is 12.3. The highest BCUT2D eigenvalue weighted by molar-refractivity contribution is 6.03. The van der Waals surface area contributed by atoms with E-state index in [4.69, 9.17) is 9.15 Å². The first-order chi connectivity index (χ1) is 12.1. The summed E-state index contributed by atoms with van der Waals surface area (Å²) in [4.78, 5) is 24.2. The molecule has 0 aliphatic rings. The number of methoxy groups -OCH3 is 1. The first kappa shape index (κ1) is 18.3. The van der Waals surface area contributed by atoms with Crippen molar-refractivity contribution in [3.8, 4) is 5.75 Å². The average molecular weight is 343 g/mol. The Kier molecular flexibility index (Phi) is 6.83. The van der Waals surface area contributed by atoms with Gasteiger partial charge in [-0.15, -0.1) is 0 Å². The normalized spacial score (nSPS) is 11.0. The minimum Gasteiger partial charge on any atom is -0.494 e. The number of carbonyl (C=O) groups excluding carboxylic acids is 2. The molecule has 1 amide bonds. The SMILES string of the molecule is CCCCOc1ccc(C(=O)N/C(=C/c2ccco2)C(=O)OC)cc1. The molecule has 0 bridgehead atoms. The standard InChI is InChI=1S/C19H21NO5/c1-3-4-11-24-15-9-7-14(8-10-15)18(21)20-17(19(22)23-2)13-16-6-5-12-25-16/h5-10,12-13H,3-4,11H2,1-2H3,(H,20,21)/b17-13+. The van der Waals surface area contributed by atoms with Gasteiger partial charge in [-0.2, -0.15) is 0 Å². The molecule has 2 rings (SSSR count). The van der Waals surface area contributed by atoms with Gasteiger partial charge in [-0.25, -0.2) is 4.79 Å². The Labute approximate surface area is 146 Å². The van der Waals surface area contributed by atoms with E-state index < -0.39 is 11.9 Å². The highest BCUT2D eigenvalue weighted by Gasteiger charge is 2.15. The van der Waals surface area contributed by atoms with E-state index in [-0.39, 0.29) is 5.70 Å². The Morgan fingerprint density at radius 1 is 1.20 bits per heavy atom. The third-order valence-corrected chi connectivity index (χ3v) is 3.37. The zero-order valence-corrected chi connectivity index (χ0v) is 14.3. The number of hydrogen-bond acceptors (Lipinski definition) is 5. The molecule has 0 radical (unpaired) electrons. The van der Waals surface area contributed by atoms with E-state index >= 15 is 0 Å². The minimum absolute atomic E-state index is 0.00859. The number of benzene rings is 1. The van der Waals surface area contributed by atoms with Crippen LogP contribution in [0.1, 0.15) is 35.9 Å². The Bertz CT molecular complexity index is 717. The molecule has 2 aromatic rings. The summed E-state index contributed by atoms with van der Waals surface area (Å²) in [5.41, 5.74) is 0.391. The van der Waals surface area contributed by atoms with Crippen LogP contribution in [0.25, 0.3) is 6.08 Å². The lowest BCUT2D eigenvalue weighted by atomic mass is 10.2. The van der Waals surface area contributed by atoms with Crippen LogP contribution in [0, 0.1) is 0 Å². The zero-order chi connectivity index (χ0) is 18.1. The average Bonchev–Trinajstić information content (AvgIpc) is 3.14. The number of nitrogens with one attached hydrogen (secondary N) is 1. The number of furan rings is 1. The molecule has 1 aromatic carbocycles. The van der Waals surface area contributed by atoms with Crippen LogP contribution in [0.3, 0.4) is 0 Å². The molecular weight excluding hydrogens is 322 g/mol. The predicted octanol–water partition coefficient (Wildman–Crippen LogP) is 3.40. The summed E-state index contributed by atoms with van der Waals surface area (Å²) >= 11 is 0. The first-order valence-corrected chi connectivity index (χ1v) is 8.01. The summed E-state index contributed by atoms with van der Waals surface area (Å²) in [6.07, 6.45) is 4.91. The topological polar surface area (TPSA) is 77.8 Å². The van der Waals surface area contributed by atoms with Crippen molar-refractivity contribution in [2.75, 3.05) is 13.7 Å². The number of hydrogen-bond donors (Lipinski definition) is 1. The van der Waals surface area contributed by atoms with Gasteiger partial charge in [0.2, 0.25) is 0 Å². The lowest BCUT2D eigenvalue weighted by Crippen LogP contribution is -2.28. The van der Waals surface area contributed by atoms with Gasteiger partial charge in [-0.3, -0.25) is 4.79 Å². The van der Waals surface area contributed by atoms with Gasteiger partial charge in [-0.1, -0.05) is 13.3 Å². The maximum absolute atomic E-state index is 12.3. The van der Waals surface area contributed by atoms with Gasteiger partial charge in [0.1, 0.15) is 17.2 Å². The van der Waals surface area contributed by atoms with E-state index in [9.17, 15) is 9.59 Å². The highest BCUT2D eigenvalue weighted by atomic mass is 16.5. The minimum atomic E-state index is -0.663. The van der Waals surface area contributed by atoms with Gasteiger partial charge in [-0.05, 0) is 42.8 Å². The van der Waals surface area contributed by atoms with Gasteiger partial charge in [0.25, 0.3) is 5.91 Å². The molecule has 0 unspecified atom stereocenters. The van der Waals surface area contributed by atoms with Gasteiger partial charge < -0.3 is 19.2 Å². The van der Waals surface area contributed by atoms with E-state index in [0.717, 1.165) is 12.8 Å². The smallest absolute Gasteiger partial charge is 0.354 e. The van der Waals surface area contributed by atoms with Crippen molar-refractivity contribution in [1.82, 2.24) is 5.32 Å². The van der Waals surface area contributed by atoms with Crippen LogP contribution in [0.4, 0.5) is 0 Å². The van der Waals surface area contributed by atoms with E-state index in [0.29, 0.717) is 23.7 Å². The van der Waals surface area contributed by atoms with Crippen LogP contribution in [-0.2, 0) is 9.53 Å². The summed E-state index contributed by atoms with van der Waals surface area (Å²) in [5.74, 6) is 0.0391. The Morgan fingerprint density at radius 2 is 1.96 bits per heavy atom. The number of rotatable bonds is 8. The van der Waals surface area contributed by atoms with E-state index in [1.54, 1.807) is 36.4 Å². The Balaban J connectivity index is 2.06. The van der Waals surface area contributed by atoms with E-state index in [1.165, 1.54) is 19.4 Å². The van der Waals surface area contributed by atoms with Crippen LogP contribution in [0.15, 0.2) is 52.8 Å². The molecule has 0 atom stereocenters. The van der Waals surface area contributed by atoms with Crippen molar-refractivity contribution in [2.45, 2.75) is 19.8 Å². The molecule has 25 heavy (non-hydrogen) atoms. The molecule has 1 heterocycles. The fourth-order valence-electron chi connectivity index (χ4n) is 2.00. The molecule has 0 aliphatic carbocycles. The summed E-state index contributed by atoms with van der Waals surface area (Å²) in [7, 11) is 1.24. The zero-order valence-electron chi connectivity index (χ0n) is 14.3. The fourth-order valence-corrected chi connectivity index (χ4v) is 2.00. The highest BCUT2D eigenvalue weighted by Crippen LogP contribution is 2.14. The summed E-state index contributed by atoms with van der Waals surface area (Å²) in [6.45, 7) is 2.73. The number of carbonyl (C=O) groups is 2. The van der Waals surface area contributed by atoms with Crippen LogP contribution in [0.2, 0.25) is 0 Å². The summed E-state index contributed by atoms with van der Waals surface area (Å²) in [5, 5.41) is 2.54. The largest absolute Gasteiger partial charge is 0.494 e.